The van der Waals surface area contributed by atoms with Crippen molar-refractivity contribution in [3.63, 3.8) is 0 Å². The molecule has 0 amide bonds. The Hall–Kier alpha value is -0.160. The van der Waals surface area contributed by atoms with Gasteiger partial charge in [-0.25, -0.2) is 0 Å². The zero-order valence-electron chi connectivity index (χ0n) is 10.9. The van der Waals surface area contributed by atoms with E-state index in [1.807, 2.05) is 13.8 Å². The molecule has 0 bridgehead atoms. The number of rotatable bonds is 6. The van der Waals surface area contributed by atoms with E-state index in [9.17, 15) is 0 Å². The summed E-state index contributed by atoms with van der Waals surface area (Å²) in [5.74, 6) is 0. The zero-order valence-corrected chi connectivity index (χ0v) is 10.9. The molecule has 0 aromatic carbocycles. The highest BCUT2D eigenvalue weighted by molar-refractivity contribution is 4.59. The lowest BCUT2D eigenvalue weighted by atomic mass is 10.1. The van der Waals surface area contributed by atoms with Crippen LogP contribution in [0, 0.1) is 0 Å². The van der Waals surface area contributed by atoms with Crippen LogP contribution < -0.4 is 0 Å². The summed E-state index contributed by atoms with van der Waals surface area (Å²) < 4.78 is 0. The van der Waals surface area contributed by atoms with Crippen LogP contribution in [0.1, 0.15) is 53.4 Å². The summed E-state index contributed by atoms with van der Waals surface area (Å²) in [7, 11) is 0. The van der Waals surface area contributed by atoms with E-state index in [0.717, 1.165) is 12.8 Å². The third-order valence-corrected chi connectivity index (χ3v) is 2.28. The maximum Gasteiger partial charge on any atom is 0.0796 e. The van der Waals surface area contributed by atoms with E-state index in [1.165, 1.54) is 0 Å². The summed E-state index contributed by atoms with van der Waals surface area (Å²) >= 11 is 0. The third-order valence-electron chi connectivity index (χ3n) is 2.28. The summed E-state index contributed by atoms with van der Waals surface area (Å²) in [5.41, 5.74) is 0. The Morgan fingerprint density at radius 1 is 0.688 bits per heavy atom. The molecule has 0 aromatic heterocycles. The lowest BCUT2D eigenvalue weighted by molar-refractivity contribution is 0.0259. The molecule has 4 N–H and O–H groups in total. The van der Waals surface area contributed by atoms with Crippen LogP contribution in [-0.2, 0) is 0 Å². The molecule has 0 fully saturated rings. The second kappa shape index (κ2) is 11.3. The Kier molecular flexibility index (Phi) is 12.9. The van der Waals surface area contributed by atoms with Gasteiger partial charge in [0.05, 0.1) is 24.4 Å². The standard InChI is InChI=1S/2C6H14O2/c2*1-3-4-6(8)5(2)7/h2*5-8H,3-4H2,1-2H3. The highest BCUT2D eigenvalue weighted by Gasteiger charge is 2.08. The van der Waals surface area contributed by atoms with Crippen LogP contribution in [0.4, 0.5) is 0 Å². The van der Waals surface area contributed by atoms with Crippen molar-refractivity contribution in [3.05, 3.63) is 0 Å². The highest BCUT2D eigenvalue weighted by atomic mass is 16.3. The molecule has 0 aliphatic carbocycles. The van der Waals surface area contributed by atoms with Gasteiger partial charge in [0, 0.05) is 0 Å². The van der Waals surface area contributed by atoms with E-state index in [1.54, 1.807) is 13.8 Å². The average molecular weight is 236 g/mol. The van der Waals surface area contributed by atoms with Crippen molar-refractivity contribution in [2.75, 3.05) is 0 Å². The fraction of sp³-hybridized carbons (Fsp3) is 1.00. The second-order valence-corrected chi connectivity index (χ2v) is 4.19. The molecule has 0 saturated heterocycles. The maximum absolute atomic E-state index is 8.88. The lowest BCUT2D eigenvalue weighted by Crippen LogP contribution is -2.21. The molecular weight excluding hydrogens is 208 g/mol. The molecule has 4 heteroatoms. The number of hydrogen-bond donors (Lipinski definition) is 4. The Labute approximate surface area is 98.9 Å². The van der Waals surface area contributed by atoms with Gasteiger partial charge in [-0.15, -0.1) is 0 Å². The molecule has 0 aromatic rings. The molecular formula is C12H28O4. The Balaban J connectivity index is 0. The van der Waals surface area contributed by atoms with Gasteiger partial charge < -0.3 is 20.4 Å². The van der Waals surface area contributed by atoms with Gasteiger partial charge in [0.25, 0.3) is 0 Å². The topological polar surface area (TPSA) is 80.9 Å². The summed E-state index contributed by atoms with van der Waals surface area (Å²) in [6.07, 6.45) is 1.03. The van der Waals surface area contributed by atoms with Crippen molar-refractivity contribution >= 4 is 0 Å². The predicted molar refractivity (Wildman–Crippen MR) is 65.2 cm³/mol. The van der Waals surface area contributed by atoms with Gasteiger partial charge in [0.2, 0.25) is 0 Å². The molecule has 0 aliphatic heterocycles. The monoisotopic (exact) mass is 236 g/mol. The molecule has 4 unspecified atom stereocenters. The summed E-state index contributed by atoms with van der Waals surface area (Å²) in [6.45, 7) is 7.15. The first-order chi connectivity index (χ1) is 7.36. The van der Waals surface area contributed by atoms with Gasteiger partial charge in [0.1, 0.15) is 0 Å². The van der Waals surface area contributed by atoms with Gasteiger partial charge in [-0.3, -0.25) is 0 Å². The molecule has 16 heavy (non-hydrogen) atoms. The number of hydrogen-bond acceptors (Lipinski definition) is 4. The normalized spacial score (nSPS) is 18.0. The van der Waals surface area contributed by atoms with Crippen molar-refractivity contribution in [2.24, 2.45) is 0 Å². The fourth-order valence-electron chi connectivity index (χ4n) is 1.07. The smallest absolute Gasteiger partial charge is 0.0796 e. The van der Waals surface area contributed by atoms with Crippen LogP contribution in [0.5, 0.6) is 0 Å². The SMILES string of the molecule is CCCC(O)C(C)O.CCCC(O)C(C)O. The largest absolute Gasteiger partial charge is 0.391 e. The molecule has 4 nitrogen and oxygen atoms in total. The van der Waals surface area contributed by atoms with Gasteiger partial charge in [-0.2, -0.15) is 0 Å². The summed E-state index contributed by atoms with van der Waals surface area (Å²) in [4.78, 5) is 0. The van der Waals surface area contributed by atoms with E-state index in [-0.39, 0.29) is 0 Å². The predicted octanol–water partition coefficient (Wildman–Crippen LogP) is 1.06. The lowest BCUT2D eigenvalue weighted by Gasteiger charge is -2.10. The average Bonchev–Trinajstić information content (AvgIpc) is 2.19. The van der Waals surface area contributed by atoms with E-state index < -0.39 is 24.4 Å². The van der Waals surface area contributed by atoms with Gasteiger partial charge >= 0.3 is 0 Å². The summed E-state index contributed by atoms with van der Waals surface area (Å²) in [5, 5.41) is 35.2. The minimum atomic E-state index is -0.574. The van der Waals surface area contributed by atoms with E-state index in [0.29, 0.717) is 12.8 Å². The van der Waals surface area contributed by atoms with Gasteiger partial charge in [-0.1, -0.05) is 26.7 Å². The van der Waals surface area contributed by atoms with E-state index in [2.05, 4.69) is 0 Å². The van der Waals surface area contributed by atoms with Crippen LogP contribution in [0.25, 0.3) is 0 Å². The van der Waals surface area contributed by atoms with Gasteiger partial charge in [0.15, 0.2) is 0 Å². The van der Waals surface area contributed by atoms with Crippen molar-refractivity contribution in [1.82, 2.24) is 0 Å². The third kappa shape index (κ3) is 11.9. The molecule has 0 saturated carbocycles. The number of aliphatic hydroxyl groups excluding tert-OH is 4. The van der Waals surface area contributed by atoms with Crippen molar-refractivity contribution in [2.45, 2.75) is 77.8 Å². The zero-order chi connectivity index (χ0) is 13.1. The van der Waals surface area contributed by atoms with Crippen LogP contribution in [0.3, 0.4) is 0 Å². The molecule has 0 heterocycles. The fourth-order valence-corrected chi connectivity index (χ4v) is 1.07. The Bertz CT molecular complexity index is 121. The first-order valence-electron chi connectivity index (χ1n) is 6.08. The molecule has 0 rings (SSSR count). The minimum Gasteiger partial charge on any atom is -0.391 e. The first kappa shape index (κ1) is 18.2. The molecule has 0 radical (unpaired) electrons. The Morgan fingerprint density at radius 3 is 1.00 bits per heavy atom. The van der Waals surface area contributed by atoms with Crippen molar-refractivity contribution < 1.29 is 20.4 Å². The van der Waals surface area contributed by atoms with Crippen molar-refractivity contribution in [1.29, 1.82) is 0 Å². The molecule has 4 atom stereocenters. The van der Waals surface area contributed by atoms with Crippen LogP contribution in [0.2, 0.25) is 0 Å². The van der Waals surface area contributed by atoms with Crippen LogP contribution >= 0.6 is 0 Å². The van der Waals surface area contributed by atoms with Crippen molar-refractivity contribution in [3.8, 4) is 0 Å². The highest BCUT2D eigenvalue weighted by Crippen LogP contribution is 2.00. The molecule has 100 valence electrons. The van der Waals surface area contributed by atoms with Gasteiger partial charge in [-0.05, 0) is 26.7 Å². The summed E-state index contributed by atoms with van der Waals surface area (Å²) in [6, 6.07) is 0. The van der Waals surface area contributed by atoms with Crippen LogP contribution in [-0.4, -0.2) is 44.8 Å². The van der Waals surface area contributed by atoms with E-state index >= 15 is 0 Å². The second-order valence-electron chi connectivity index (χ2n) is 4.19. The Morgan fingerprint density at radius 2 is 0.938 bits per heavy atom. The maximum atomic E-state index is 8.88. The first-order valence-corrected chi connectivity index (χ1v) is 6.08. The van der Waals surface area contributed by atoms with E-state index in [4.69, 9.17) is 20.4 Å². The number of aliphatic hydroxyl groups is 4. The van der Waals surface area contributed by atoms with Crippen LogP contribution in [0.15, 0.2) is 0 Å². The quantitative estimate of drug-likeness (QED) is 0.556. The molecule has 0 aliphatic rings. The minimum absolute atomic E-state index is 0.528. The molecule has 0 spiro atoms.